The molecule has 3 saturated carbocycles. The van der Waals surface area contributed by atoms with Gasteiger partial charge in [0.1, 0.15) is 0 Å². The lowest BCUT2D eigenvalue weighted by Gasteiger charge is -2.62. The monoisotopic (exact) mass is 183 g/mol. The molecule has 67 valence electrons. The minimum absolute atomic E-state index is 0.607. The summed E-state index contributed by atoms with van der Waals surface area (Å²) in [5, 5.41) is 0. The highest BCUT2D eigenvalue weighted by Crippen LogP contribution is 2.64. The lowest BCUT2D eigenvalue weighted by atomic mass is 9.41. The molecule has 0 aromatic heterocycles. The van der Waals surface area contributed by atoms with Crippen LogP contribution in [0, 0.1) is 23.2 Å². The van der Waals surface area contributed by atoms with Crippen LogP contribution in [-0.2, 0) is 0 Å². The van der Waals surface area contributed by atoms with Crippen LogP contribution in [0.2, 0.25) is 5.82 Å². The third-order valence-corrected chi connectivity index (χ3v) is 4.90. The van der Waals surface area contributed by atoms with E-state index in [0.717, 1.165) is 17.8 Å². The molecule has 0 aromatic carbocycles. The molecule has 0 nitrogen and oxygen atoms in total. The van der Waals surface area contributed by atoms with Gasteiger partial charge >= 0.3 is 0 Å². The van der Waals surface area contributed by atoms with Crippen molar-refractivity contribution in [3.63, 3.8) is 0 Å². The third-order valence-electron chi connectivity index (χ3n) is 4.57. The Morgan fingerprint density at radius 1 is 1.33 bits per heavy atom. The summed E-state index contributed by atoms with van der Waals surface area (Å²) in [6, 6.07) is 0. The fourth-order valence-corrected chi connectivity index (χ4v) is 3.69. The standard InChI is InChI=1S/C10H17BCl/c1-6-8-4-7(10(8,2)3)5-9(6)11-12/h6-9H,4-5H2,1-3H3. The van der Waals surface area contributed by atoms with E-state index in [-0.39, 0.29) is 0 Å². The number of hydrogen-bond donors (Lipinski definition) is 0. The molecule has 3 rings (SSSR count). The van der Waals surface area contributed by atoms with Gasteiger partial charge in [-0.1, -0.05) is 27.2 Å². The van der Waals surface area contributed by atoms with E-state index in [9.17, 15) is 0 Å². The van der Waals surface area contributed by atoms with Gasteiger partial charge in [-0.05, 0) is 35.4 Å². The van der Waals surface area contributed by atoms with Gasteiger partial charge in [0, 0.05) is 0 Å². The van der Waals surface area contributed by atoms with Crippen LogP contribution in [0.4, 0.5) is 0 Å². The van der Waals surface area contributed by atoms with Crippen LogP contribution in [0.25, 0.3) is 0 Å². The van der Waals surface area contributed by atoms with E-state index in [1.807, 2.05) is 6.69 Å². The smallest absolute Gasteiger partial charge is 0.204 e. The van der Waals surface area contributed by atoms with Gasteiger partial charge in [-0.15, -0.1) is 0 Å². The predicted molar refractivity (Wildman–Crippen MR) is 54.5 cm³/mol. The maximum atomic E-state index is 5.83. The lowest BCUT2D eigenvalue weighted by molar-refractivity contribution is -0.0982. The molecule has 3 aliphatic carbocycles. The molecule has 4 unspecified atom stereocenters. The van der Waals surface area contributed by atoms with E-state index in [1.165, 1.54) is 12.8 Å². The molecule has 3 fully saturated rings. The minimum Gasteiger partial charge on any atom is -0.204 e. The molecule has 3 aliphatic rings. The van der Waals surface area contributed by atoms with Crippen LogP contribution >= 0.6 is 11.5 Å². The summed E-state index contributed by atoms with van der Waals surface area (Å²) in [4.78, 5) is 0. The summed E-state index contributed by atoms with van der Waals surface area (Å²) in [6.07, 6.45) is 2.78. The van der Waals surface area contributed by atoms with Crippen molar-refractivity contribution < 1.29 is 0 Å². The molecule has 12 heavy (non-hydrogen) atoms. The predicted octanol–water partition coefficient (Wildman–Crippen LogP) is 3.34. The summed E-state index contributed by atoms with van der Waals surface area (Å²) < 4.78 is 0. The first-order valence-electron chi connectivity index (χ1n) is 5.01. The fraction of sp³-hybridized carbons (Fsp3) is 1.00. The zero-order valence-electron chi connectivity index (χ0n) is 8.18. The Kier molecular flexibility index (Phi) is 1.99. The van der Waals surface area contributed by atoms with Crippen molar-refractivity contribution in [1.29, 1.82) is 0 Å². The van der Waals surface area contributed by atoms with Crippen LogP contribution in [-0.4, -0.2) is 6.69 Å². The first kappa shape index (κ1) is 8.93. The van der Waals surface area contributed by atoms with Gasteiger partial charge in [-0.25, -0.2) is 11.5 Å². The van der Waals surface area contributed by atoms with Crippen LogP contribution < -0.4 is 0 Å². The maximum Gasteiger partial charge on any atom is 0.242 e. The highest BCUT2D eigenvalue weighted by Gasteiger charge is 2.55. The van der Waals surface area contributed by atoms with Gasteiger partial charge in [0.15, 0.2) is 0 Å². The third kappa shape index (κ3) is 0.983. The number of halogens is 1. The van der Waals surface area contributed by atoms with Crippen molar-refractivity contribution in [1.82, 2.24) is 0 Å². The number of hydrogen-bond acceptors (Lipinski definition) is 0. The van der Waals surface area contributed by atoms with E-state index < -0.39 is 0 Å². The molecule has 2 bridgehead atoms. The number of rotatable bonds is 1. The van der Waals surface area contributed by atoms with Crippen LogP contribution in [0.15, 0.2) is 0 Å². The zero-order valence-corrected chi connectivity index (χ0v) is 8.93. The molecule has 2 heteroatoms. The summed E-state index contributed by atoms with van der Waals surface area (Å²) in [5.74, 6) is 3.36. The van der Waals surface area contributed by atoms with E-state index in [2.05, 4.69) is 20.8 Å². The molecule has 0 amide bonds. The van der Waals surface area contributed by atoms with E-state index >= 15 is 0 Å². The maximum absolute atomic E-state index is 5.83. The largest absolute Gasteiger partial charge is 0.242 e. The van der Waals surface area contributed by atoms with E-state index in [4.69, 9.17) is 11.5 Å². The summed E-state index contributed by atoms with van der Waals surface area (Å²) in [7, 11) is 0. The minimum atomic E-state index is 0.607. The first-order valence-corrected chi connectivity index (χ1v) is 5.44. The van der Waals surface area contributed by atoms with Gasteiger partial charge < -0.3 is 0 Å². The fourth-order valence-electron chi connectivity index (χ4n) is 3.36. The average Bonchev–Trinajstić information content (AvgIpc) is 2.03. The Bertz CT molecular complexity index is 190. The Morgan fingerprint density at radius 2 is 2.00 bits per heavy atom. The second-order valence-corrected chi connectivity index (χ2v) is 5.50. The Hall–Kier alpha value is 0.355. The highest BCUT2D eigenvalue weighted by atomic mass is 35.5. The molecule has 0 heterocycles. The lowest BCUT2D eigenvalue weighted by Crippen LogP contribution is -2.54. The van der Waals surface area contributed by atoms with E-state index in [0.29, 0.717) is 11.2 Å². The molecule has 0 aliphatic heterocycles. The molecule has 0 aromatic rings. The topological polar surface area (TPSA) is 0 Å². The van der Waals surface area contributed by atoms with Crippen molar-refractivity contribution in [2.24, 2.45) is 23.2 Å². The molecule has 4 atom stereocenters. The molecule has 1 radical (unpaired) electrons. The Morgan fingerprint density at radius 3 is 2.42 bits per heavy atom. The summed E-state index contributed by atoms with van der Waals surface area (Å²) in [6.45, 7) is 9.12. The van der Waals surface area contributed by atoms with Crippen molar-refractivity contribution >= 4 is 18.2 Å². The quantitative estimate of drug-likeness (QED) is 0.547. The molecule has 0 spiro atoms. The highest BCUT2D eigenvalue weighted by molar-refractivity contribution is 6.94. The molecular weight excluding hydrogens is 166 g/mol. The van der Waals surface area contributed by atoms with Gasteiger partial charge in [0.2, 0.25) is 6.69 Å². The zero-order chi connectivity index (χ0) is 8.93. The van der Waals surface area contributed by atoms with Gasteiger partial charge in [0.05, 0.1) is 0 Å². The van der Waals surface area contributed by atoms with Crippen molar-refractivity contribution in [2.45, 2.75) is 39.4 Å². The summed E-state index contributed by atoms with van der Waals surface area (Å²) >= 11 is 5.83. The number of fused-ring (bicyclic) bond motifs is 2. The average molecular weight is 184 g/mol. The SMILES string of the molecule is CC1C([B]Cl)CC2CC1C2(C)C. The summed E-state index contributed by atoms with van der Waals surface area (Å²) in [5.41, 5.74) is 0.607. The second kappa shape index (κ2) is 2.67. The van der Waals surface area contributed by atoms with Gasteiger partial charge in [-0.2, -0.15) is 0 Å². The Balaban J connectivity index is 2.11. The van der Waals surface area contributed by atoms with Gasteiger partial charge in [-0.3, -0.25) is 0 Å². The van der Waals surface area contributed by atoms with Gasteiger partial charge in [0.25, 0.3) is 0 Å². The normalized spacial score (nSPS) is 49.7. The first-order chi connectivity index (χ1) is 5.57. The van der Waals surface area contributed by atoms with Crippen molar-refractivity contribution in [2.75, 3.05) is 0 Å². The second-order valence-electron chi connectivity index (χ2n) is 5.25. The van der Waals surface area contributed by atoms with Crippen LogP contribution in [0.1, 0.15) is 33.6 Å². The van der Waals surface area contributed by atoms with E-state index in [1.54, 1.807) is 0 Å². The molecular formula is C10H17BCl. The van der Waals surface area contributed by atoms with Crippen molar-refractivity contribution in [3.05, 3.63) is 0 Å². The molecule has 0 saturated heterocycles. The molecule has 0 N–H and O–H groups in total. The Labute approximate surface area is 81.2 Å². The van der Waals surface area contributed by atoms with Crippen molar-refractivity contribution in [3.8, 4) is 0 Å². The van der Waals surface area contributed by atoms with Crippen LogP contribution in [0.3, 0.4) is 0 Å². The van der Waals surface area contributed by atoms with Crippen LogP contribution in [0.5, 0.6) is 0 Å².